The van der Waals surface area contributed by atoms with Crippen molar-refractivity contribution in [1.82, 2.24) is 9.88 Å². The lowest BCUT2D eigenvalue weighted by Gasteiger charge is -2.35. The van der Waals surface area contributed by atoms with Gasteiger partial charge < -0.3 is 9.73 Å². The van der Waals surface area contributed by atoms with Crippen LogP contribution >= 0.6 is 0 Å². The van der Waals surface area contributed by atoms with Gasteiger partial charge in [-0.25, -0.2) is 4.39 Å². The van der Waals surface area contributed by atoms with Crippen LogP contribution in [-0.2, 0) is 0 Å². The Bertz CT molecular complexity index is 692. The van der Waals surface area contributed by atoms with E-state index in [0.29, 0.717) is 43.0 Å². The van der Waals surface area contributed by atoms with Gasteiger partial charge in [0.25, 0.3) is 6.01 Å². The smallest absolute Gasteiger partial charge is 0.401 e. The Morgan fingerprint density at radius 1 is 1.33 bits per heavy atom. The summed E-state index contributed by atoms with van der Waals surface area (Å²) in [6.07, 6.45) is -2.79. The summed E-state index contributed by atoms with van der Waals surface area (Å²) in [7, 11) is 0. The summed E-state index contributed by atoms with van der Waals surface area (Å²) < 4.78 is 55.9. The van der Waals surface area contributed by atoms with Crippen molar-refractivity contribution in [1.29, 1.82) is 0 Å². The van der Waals surface area contributed by atoms with E-state index in [9.17, 15) is 17.6 Å². The molecular formula is C16H19F4N3O. The zero-order valence-corrected chi connectivity index (χ0v) is 13.2. The van der Waals surface area contributed by atoms with Crippen LogP contribution in [0.2, 0.25) is 0 Å². The lowest BCUT2D eigenvalue weighted by Crippen LogP contribution is -2.43. The molecule has 0 bridgehead atoms. The molecule has 0 saturated carbocycles. The minimum absolute atomic E-state index is 0.0101. The topological polar surface area (TPSA) is 41.3 Å². The molecule has 2 heterocycles. The van der Waals surface area contributed by atoms with E-state index in [0.717, 1.165) is 0 Å². The number of oxazole rings is 1. The molecule has 1 unspecified atom stereocenters. The molecule has 1 aliphatic rings. The molecule has 1 aromatic heterocycles. The fraction of sp³-hybridized carbons (Fsp3) is 0.562. The molecule has 4 nitrogen and oxygen atoms in total. The van der Waals surface area contributed by atoms with Gasteiger partial charge in [0.2, 0.25) is 0 Å². The van der Waals surface area contributed by atoms with E-state index in [1.807, 2.05) is 6.92 Å². The lowest BCUT2D eigenvalue weighted by molar-refractivity contribution is -0.148. The molecule has 1 aromatic carbocycles. The van der Waals surface area contributed by atoms with Crippen molar-refractivity contribution in [2.24, 2.45) is 5.92 Å². The Balaban J connectivity index is 1.56. The van der Waals surface area contributed by atoms with Crippen LogP contribution in [0, 0.1) is 11.7 Å². The van der Waals surface area contributed by atoms with E-state index in [2.05, 4.69) is 10.3 Å². The Kier molecular flexibility index (Phi) is 4.67. The van der Waals surface area contributed by atoms with Crippen LogP contribution in [0.3, 0.4) is 0 Å². The van der Waals surface area contributed by atoms with Crippen molar-refractivity contribution in [2.75, 3.05) is 25.0 Å². The molecule has 1 aliphatic heterocycles. The van der Waals surface area contributed by atoms with Crippen molar-refractivity contribution in [3.05, 3.63) is 24.0 Å². The molecule has 1 atom stereocenters. The van der Waals surface area contributed by atoms with Gasteiger partial charge in [-0.2, -0.15) is 18.2 Å². The molecule has 0 amide bonds. The highest BCUT2D eigenvalue weighted by Gasteiger charge is 2.33. The van der Waals surface area contributed by atoms with Crippen LogP contribution in [0.1, 0.15) is 19.8 Å². The van der Waals surface area contributed by atoms with Gasteiger partial charge in [0, 0.05) is 12.1 Å². The zero-order valence-electron chi connectivity index (χ0n) is 13.2. The lowest BCUT2D eigenvalue weighted by atomic mass is 9.90. The predicted octanol–water partition coefficient (Wildman–Crippen LogP) is 4.04. The van der Waals surface area contributed by atoms with Crippen LogP contribution in [0.5, 0.6) is 0 Å². The Labute approximate surface area is 136 Å². The van der Waals surface area contributed by atoms with E-state index >= 15 is 0 Å². The number of aromatic nitrogens is 1. The maximum atomic E-state index is 13.2. The first-order valence-electron chi connectivity index (χ1n) is 7.92. The number of hydrogen-bond acceptors (Lipinski definition) is 4. The predicted molar refractivity (Wildman–Crippen MR) is 82.3 cm³/mol. The van der Waals surface area contributed by atoms with Gasteiger partial charge in [-0.15, -0.1) is 0 Å². The molecule has 1 fully saturated rings. The number of alkyl halides is 3. The van der Waals surface area contributed by atoms with Crippen LogP contribution in [0.25, 0.3) is 11.1 Å². The van der Waals surface area contributed by atoms with Gasteiger partial charge in [0.05, 0.1) is 6.54 Å². The number of anilines is 1. The highest BCUT2D eigenvalue weighted by molar-refractivity contribution is 5.74. The minimum Gasteiger partial charge on any atom is -0.424 e. The quantitative estimate of drug-likeness (QED) is 0.849. The largest absolute Gasteiger partial charge is 0.424 e. The number of likely N-dealkylation sites (tertiary alicyclic amines) is 1. The number of rotatable bonds is 4. The van der Waals surface area contributed by atoms with Gasteiger partial charge in [-0.3, -0.25) is 4.90 Å². The summed E-state index contributed by atoms with van der Waals surface area (Å²) in [4.78, 5) is 5.63. The highest BCUT2D eigenvalue weighted by Crippen LogP contribution is 2.27. The molecular weight excluding hydrogens is 326 g/mol. The molecule has 1 saturated heterocycles. The molecule has 8 heteroatoms. The molecule has 132 valence electrons. The highest BCUT2D eigenvalue weighted by atomic mass is 19.4. The standard InChI is InChI=1S/C16H19F4N3O/c1-10(11-4-6-23(7-5-11)9-16(18,19)20)21-15-22-13-8-12(17)2-3-14(13)24-15/h2-3,8,10-11H,4-7,9H2,1H3,(H,21,22). The van der Waals surface area contributed by atoms with E-state index in [4.69, 9.17) is 4.42 Å². The zero-order chi connectivity index (χ0) is 17.3. The third kappa shape index (κ3) is 4.17. The number of nitrogens with zero attached hydrogens (tertiary/aromatic N) is 2. The molecule has 1 N–H and O–H groups in total. The maximum Gasteiger partial charge on any atom is 0.401 e. The van der Waals surface area contributed by atoms with E-state index < -0.39 is 12.7 Å². The normalized spacial score (nSPS) is 18.9. The molecule has 24 heavy (non-hydrogen) atoms. The second-order valence-corrected chi connectivity index (χ2v) is 6.29. The number of fused-ring (bicyclic) bond motifs is 1. The summed E-state index contributed by atoms with van der Waals surface area (Å²) in [6, 6.07) is 4.43. The third-order valence-corrected chi connectivity index (χ3v) is 4.44. The fourth-order valence-corrected chi connectivity index (χ4v) is 3.14. The molecule has 0 radical (unpaired) electrons. The SMILES string of the molecule is CC(Nc1nc2cc(F)ccc2o1)C1CCN(CC(F)(F)F)CC1. The molecule has 3 rings (SSSR count). The van der Waals surface area contributed by atoms with E-state index in [1.54, 1.807) is 0 Å². The number of hydrogen-bond donors (Lipinski definition) is 1. The van der Waals surface area contributed by atoms with Crippen molar-refractivity contribution in [2.45, 2.75) is 32.0 Å². The minimum atomic E-state index is -4.15. The van der Waals surface area contributed by atoms with Crippen LogP contribution < -0.4 is 5.32 Å². The summed E-state index contributed by atoms with van der Waals surface area (Å²) in [6.45, 7) is 1.96. The molecule has 0 spiro atoms. The van der Waals surface area contributed by atoms with E-state index in [1.165, 1.54) is 23.1 Å². The van der Waals surface area contributed by atoms with Crippen LogP contribution in [0.15, 0.2) is 22.6 Å². The summed E-state index contributed by atoms with van der Waals surface area (Å²) in [5.74, 6) is -0.145. The number of nitrogens with one attached hydrogen (secondary N) is 1. The summed E-state index contributed by atoms with van der Waals surface area (Å²) in [5.41, 5.74) is 0.927. The van der Waals surface area contributed by atoms with Crippen molar-refractivity contribution < 1.29 is 22.0 Å². The molecule has 0 aliphatic carbocycles. The monoisotopic (exact) mass is 345 g/mol. The van der Waals surface area contributed by atoms with Crippen molar-refractivity contribution in [3.63, 3.8) is 0 Å². The average Bonchev–Trinajstić information content (AvgIpc) is 2.87. The van der Waals surface area contributed by atoms with Gasteiger partial charge in [-0.1, -0.05) is 0 Å². The third-order valence-electron chi connectivity index (χ3n) is 4.44. The first kappa shape index (κ1) is 17.0. The van der Waals surface area contributed by atoms with Gasteiger partial charge in [0.15, 0.2) is 5.58 Å². The Hall–Kier alpha value is -1.83. The van der Waals surface area contributed by atoms with Crippen LogP contribution in [0.4, 0.5) is 23.6 Å². The number of benzene rings is 1. The van der Waals surface area contributed by atoms with E-state index in [-0.39, 0.29) is 17.8 Å². The second-order valence-electron chi connectivity index (χ2n) is 6.29. The Morgan fingerprint density at radius 2 is 2.04 bits per heavy atom. The van der Waals surface area contributed by atoms with Gasteiger partial charge in [-0.05, 0) is 50.9 Å². The fourth-order valence-electron chi connectivity index (χ4n) is 3.14. The number of piperidine rings is 1. The van der Waals surface area contributed by atoms with Crippen molar-refractivity contribution in [3.8, 4) is 0 Å². The van der Waals surface area contributed by atoms with Gasteiger partial charge in [0.1, 0.15) is 11.3 Å². The van der Waals surface area contributed by atoms with Crippen LogP contribution in [-0.4, -0.2) is 41.7 Å². The summed E-state index contributed by atoms with van der Waals surface area (Å²) >= 11 is 0. The van der Waals surface area contributed by atoms with Crippen molar-refractivity contribution >= 4 is 17.1 Å². The maximum absolute atomic E-state index is 13.2. The number of halogens is 4. The average molecular weight is 345 g/mol. The second kappa shape index (κ2) is 6.58. The summed E-state index contributed by atoms with van der Waals surface area (Å²) in [5, 5.41) is 3.14. The first-order valence-corrected chi connectivity index (χ1v) is 7.92. The Morgan fingerprint density at radius 3 is 2.71 bits per heavy atom. The first-order chi connectivity index (χ1) is 11.3. The molecule has 2 aromatic rings. The van der Waals surface area contributed by atoms with Gasteiger partial charge >= 0.3 is 6.18 Å².